The number of rotatable bonds is 26. The minimum atomic E-state index is -1.12. The standard InChI is InChI=1S/C39H67N7O8/c1-9-11-12-16-31(48)45-33(26(3)4)36(52)43-29(15-13-21-41-37(40)53)35(51)44-30(22-27-17-19-28(47)20-18-27)34(50)42-23-38(5,6)24-54-25-39(7,8)46-32(49)14-10-2/h17-20,26,29-30,33,47H,9-16,21-25H2,1-8H3,(H,42,50)(H,43,52)(H,44,51)(H,45,48)(H,46,49)(H3,40,41,53)/t29-,30?,33-/m0/s1. The molecule has 7 amide bonds. The second kappa shape index (κ2) is 24.1. The predicted octanol–water partition coefficient (Wildman–Crippen LogP) is 2.93. The van der Waals surface area contributed by atoms with Crippen LogP contribution in [0.4, 0.5) is 4.79 Å². The molecule has 15 heteroatoms. The molecule has 1 rings (SSSR count). The van der Waals surface area contributed by atoms with E-state index in [1.165, 1.54) is 12.1 Å². The maximum atomic E-state index is 13.9. The fraction of sp³-hybridized carbons (Fsp3) is 0.692. The highest BCUT2D eigenvalue weighted by atomic mass is 16.5. The number of hydrogen-bond acceptors (Lipinski definition) is 8. The van der Waals surface area contributed by atoms with E-state index in [4.69, 9.17) is 10.5 Å². The number of ether oxygens (including phenoxy) is 1. The number of phenolic OH excluding ortho intramolecular Hbond substituents is 1. The van der Waals surface area contributed by atoms with Crippen molar-refractivity contribution in [3.63, 3.8) is 0 Å². The number of urea groups is 1. The van der Waals surface area contributed by atoms with Gasteiger partial charge in [-0.15, -0.1) is 0 Å². The van der Waals surface area contributed by atoms with E-state index in [2.05, 4.69) is 31.9 Å². The number of nitrogens with one attached hydrogen (secondary N) is 6. The lowest BCUT2D eigenvalue weighted by Crippen LogP contribution is -2.58. The number of carbonyl (C=O) groups excluding carboxylic acids is 6. The first-order valence-electron chi connectivity index (χ1n) is 19.2. The Kier molecular flexibility index (Phi) is 21.2. The molecule has 0 saturated heterocycles. The average Bonchev–Trinajstić information content (AvgIpc) is 3.07. The molecular formula is C39H67N7O8. The summed E-state index contributed by atoms with van der Waals surface area (Å²) >= 11 is 0. The van der Waals surface area contributed by atoms with Crippen LogP contribution in [0.1, 0.15) is 112 Å². The summed E-state index contributed by atoms with van der Waals surface area (Å²) < 4.78 is 5.96. The van der Waals surface area contributed by atoms with Crippen LogP contribution in [0.2, 0.25) is 0 Å². The third-order valence-electron chi connectivity index (χ3n) is 8.54. The van der Waals surface area contributed by atoms with Gasteiger partial charge in [0.25, 0.3) is 0 Å². The fourth-order valence-electron chi connectivity index (χ4n) is 5.50. The highest BCUT2D eigenvalue weighted by Crippen LogP contribution is 2.17. The van der Waals surface area contributed by atoms with Crippen molar-refractivity contribution in [1.82, 2.24) is 31.9 Å². The molecule has 0 aliphatic carbocycles. The minimum absolute atomic E-state index is 0.0446. The Morgan fingerprint density at radius 2 is 1.41 bits per heavy atom. The van der Waals surface area contributed by atoms with E-state index in [9.17, 15) is 33.9 Å². The number of phenols is 1. The monoisotopic (exact) mass is 762 g/mol. The summed E-state index contributed by atoms with van der Waals surface area (Å²) in [5, 5.41) is 26.5. The number of carbonyl (C=O) groups is 6. The molecule has 0 aliphatic heterocycles. The van der Waals surface area contributed by atoms with E-state index in [-0.39, 0.29) is 75.5 Å². The van der Waals surface area contributed by atoms with Crippen molar-refractivity contribution >= 4 is 35.6 Å². The smallest absolute Gasteiger partial charge is 0.312 e. The summed E-state index contributed by atoms with van der Waals surface area (Å²) in [4.78, 5) is 77.2. The lowest BCUT2D eigenvalue weighted by atomic mass is 9.94. The van der Waals surface area contributed by atoms with Crippen LogP contribution in [-0.2, 0) is 35.1 Å². The molecule has 0 saturated carbocycles. The Morgan fingerprint density at radius 1 is 0.759 bits per heavy atom. The zero-order valence-electron chi connectivity index (χ0n) is 33.7. The number of unbranched alkanes of at least 4 members (excludes halogenated alkanes) is 2. The van der Waals surface area contributed by atoms with E-state index in [1.807, 2.05) is 41.5 Å². The van der Waals surface area contributed by atoms with Crippen LogP contribution in [0, 0.1) is 11.3 Å². The Bertz CT molecular complexity index is 1350. The molecule has 15 nitrogen and oxygen atoms in total. The average molecular weight is 762 g/mol. The summed E-state index contributed by atoms with van der Waals surface area (Å²) in [5.74, 6) is -2.20. The molecule has 1 aromatic carbocycles. The van der Waals surface area contributed by atoms with Crippen molar-refractivity contribution < 1.29 is 38.6 Å². The van der Waals surface area contributed by atoms with Crippen molar-refractivity contribution in [3.8, 4) is 5.75 Å². The highest BCUT2D eigenvalue weighted by molar-refractivity contribution is 5.94. The summed E-state index contributed by atoms with van der Waals surface area (Å²) in [6.45, 7) is 16.0. The molecule has 9 N–H and O–H groups in total. The SMILES string of the molecule is CCCCCC(=O)N[C@H](C(=O)N[C@@H](CCCNC(N)=O)C(=O)NC(Cc1ccc(O)cc1)C(=O)NCC(C)(C)COCC(C)(C)NC(=O)CCC)C(C)C. The second-order valence-corrected chi connectivity index (χ2v) is 15.7. The number of aromatic hydroxyl groups is 1. The molecule has 0 radical (unpaired) electrons. The van der Waals surface area contributed by atoms with Crippen LogP contribution in [0.15, 0.2) is 24.3 Å². The van der Waals surface area contributed by atoms with Crippen LogP contribution in [0.5, 0.6) is 5.75 Å². The molecule has 3 atom stereocenters. The quantitative estimate of drug-likeness (QED) is 0.0653. The summed E-state index contributed by atoms with van der Waals surface area (Å²) in [6.07, 6.45) is 4.42. The number of nitrogens with two attached hydrogens (primary N) is 1. The van der Waals surface area contributed by atoms with Gasteiger partial charge in [0, 0.05) is 37.8 Å². The fourth-order valence-corrected chi connectivity index (χ4v) is 5.50. The normalized spacial score (nSPS) is 13.3. The van der Waals surface area contributed by atoms with Gasteiger partial charge >= 0.3 is 6.03 Å². The first-order chi connectivity index (χ1) is 25.3. The molecule has 54 heavy (non-hydrogen) atoms. The number of hydrogen-bond donors (Lipinski definition) is 8. The Balaban J connectivity index is 3.16. The molecule has 0 aliphatic rings. The summed E-state index contributed by atoms with van der Waals surface area (Å²) in [5.41, 5.74) is 4.77. The van der Waals surface area contributed by atoms with Crippen molar-refractivity contribution in [2.45, 2.75) is 137 Å². The van der Waals surface area contributed by atoms with E-state index in [1.54, 1.807) is 26.0 Å². The topological polar surface area (TPSA) is 230 Å². The van der Waals surface area contributed by atoms with Gasteiger partial charge in [0.05, 0.1) is 18.8 Å². The number of benzene rings is 1. The van der Waals surface area contributed by atoms with E-state index >= 15 is 0 Å². The Hall–Kier alpha value is -4.40. The molecule has 0 heterocycles. The minimum Gasteiger partial charge on any atom is -0.508 e. The zero-order chi connectivity index (χ0) is 40.9. The highest BCUT2D eigenvalue weighted by Gasteiger charge is 2.32. The molecule has 0 bridgehead atoms. The molecule has 306 valence electrons. The summed E-state index contributed by atoms with van der Waals surface area (Å²) in [7, 11) is 0. The zero-order valence-corrected chi connectivity index (χ0v) is 33.7. The van der Waals surface area contributed by atoms with Crippen LogP contribution >= 0.6 is 0 Å². The van der Waals surface area contributed by atoms with Crippen molar-refractivity contribution in [1.29, 1.82) is 0 Å². The molecule has 0 fully saturated rings. The number of amides is 7. The Labute approximate surface area is 321 Å². The van der Waals surface area contributed by atoms with Crippen molar-refractivity contribution in [3.05, 3.63) is 29.8 Å². The van der Waals surface area contributed by atoms with Crippen LogP contribution in [0.25, 0.3) is 0 Å². The molecule has 1 aromatic rings. The van der Waals surface area contributed by atoms with Crippen molar-refractivity contribution in [2.24, 2.45) is 17.1 Å². The van der Waals surface area contributed by atoms with Gasteiger partial charge in [-0.3, -0.25) is 24.0 Å². The van der Waals surface area contributed by atoms with Gasteiger partial charge in [-0.05, 0) is 63.1 Å². The van der Waals surface area contributed by atoms with Gasteiger partial charge in [-0.1, -0.05) is 66.5 Å². The molecule has 0 aromatic heterocycles. The van der Waals surface area contributed by atoms with Gasteiger partial charge in [-0.2, -0.15) is 0 Å². The predicted molar refractivity (Wildman–Crippen MR) is 208 cm³/mol. The summed E-state index contributed by atoms with van der Waals surface area (Å²) in [6, 6.07) is 2.42. The lowest BCUT2D eigenvalue weighted by Gasteiger charge is -2.31. The second-order valence-electron chi connectivity index (χ2n) is 15.7. The molecule has 1 unspecified atom stereocenters. The number of primary amides is 1. The van der Waals surface area contributed by atoms with E-state index in [0.717, 1.165) is 19.3 Å². The van der Waals surface area contributed by atoms with Crippen LogP contribution in [-0.4, -0.2) is 90.6 Å². The maximum absolute atomic E-state index is 13.9. The first-order valence-corrected chi connectivity index (χ1v) is 19.2. The van der Waals surface area contributed by atoms with Crippen molar-refractivity contribution in [2.75, 3.05) is 26.3 Å². The third kappa shape index (κ3) is 20.2. The van der Waals surface area contributed by atoms with Gasteiger partial charge in [0.15, 0.2) is 0 Å². The molecule has 0 spiro atoms. The van der Waals surface area contributed by atoms with Gasteiger partial charge in [-0.25, -0.2) is 4.79 Å². The third-order valence-corrected chi connectivity index (χ3v) is 8.54. The van der Waals surface area contributed by atoms with Crippen LogP contribution in [0.3, 0.4) is 0 Å². The van der Waals surface area contributed by atoms with Gasteiger partial charge < -0.3 is 47.5 Å². The van der Waals surface area contributed by atoms with E-state index < -0.39 is 52.8 Å². The maximum Gasteiger partial charge on any atom is 0.312 e. The lowest BCUT2D eigenvalue weighted by molar-refractivity contribution is -0.134. The van der Waals surface area contributed by atoms with E-state index in [0.29, 0.717) is 18.4 Å². The van der Waals surface area contributed by atoms with Crippen LogP contribution < -0.4 is 37.6 Å². The van der Waals surface area contributed by atoms with Gasteiger partial charge in [0.2, 0.25) is 29.5 Å². The first kappa shape index (κ1) is 47.6. The Morgan fingerprint density at radius 3 is 2.00 bits per heavy atom. The largest absolute Gasteiger partial charge is 0.508 e. The molecular weight excluding hydrogens is 694 g/mol. The van der Waals surface area contributed by atoms with Gasteiger partial charge in [0.1, 0.15) is 23.9 Å².